The second-order valence-corrected chi connectivity index (χ2v) is 10.6. The van der Waals surface area contributed by atoms with Gasteiger partial charge in [-0.1, -0.05) is 52.7 Å². The average Bonchev–Trinajstić information content (AvgIpc) is 2.76. The SMILES string of the molecule is CCCNC(=O)[C@@H](C)N(Cc1ccc(Br)cc1)C(=O)CN(C)S(=O)(=O)c1ccc(C)cc1. The van der Waals surface area contributed by atoms with Crippen molar-refractivity contribution in [1.29, 1.82) is 0 Å². The van der Waals surface area contributed by atoms with E-state index in [1.807, 2.05) is 38.1 Å². The van der Waals surface area contributed by atoms with Gasteiger partial charge in [-0.15, -0.1) is 0 Å². The van der Waals surface area contributed by atoms with Gasteiger partial charge in [0, 0.05) is 24.6 Å². The largest absolute Gasteiger partial charge is 0.354 e. The number of rotatable bonds is 10. The van der Waals surface area contributed by atoms with Gasteiger partial charge in [0.25, 0.3) is 0 Å². The van der Waals surface area contributed by atoms with E-state index in [2.05, 4.69) is 21.2 Å². The number of benzene rings is 2. The second-order valence-electron chi connectivity index (χ2n) is 7.69. The summed E-state index contributed by atoms with van der Waals surface area (Å²) in [4.78, 5) is 27.3. The molecule has 0 aliphatic carbocycles. The molecule has 2 amide bonds. The van der Waals surface area contributed by atoms with Gasteiger partial charge in [-0.2, -0.15) is 4.31 Å². The number of sulfonamides is 1. The Kier molecular flexibility index (Phi) is 9.42. The van der Waals surface area contributed by atoms with Crippen molar-refractivity contribution in [2.75, 3.05) is 20.1 Å². The maximum Gasteiger partial charge on any atom is 0.243 e. The summed E-state index contributed by atoms with van der Waals surface area (Å²) >= 11 is 3.38. The number of hydrogen-bond acceptors (Lipinski definition) is 4. The number of hydrogen-bond donors (Lipinski definition) is 1. The Hall–Kier alpha value is -2.23. The maximum atomic E-state index is 13.2. The van der Waals surface area contributed by atoms with Crippen molar-refractivity contribution in [2.24, 2.45) is 0 Å². The van der Waals surface area contributed by atoms with E-state index in [0.717, 1.165) is 26.3 Å². The summed E-state index contributed by atoms with van der Waals surface area (Å²) in [7, 11) is -2.48. The fourth-order valence-corrected chi connectivity index (χ4v) is 4.41. The standard InChI is InChI=1S/C23H30BrN3O4S/c1-5-14-25-23(29)18(3)27(15-19-8-10-20(24)11-9-19)22(28)16-26(4)32(30,31)21-12-6-17(2)7-13-21/h6-13,18H,5,14-16H2,1-4H3,(H,25,29)/t18-/m1/s1. The lowest BCUT2D eigenvalue weighted by molar-refractivity contribution is -0.140. The summed E-state index contributed by atoms with van der Waals surface area (Å²) < 4.78 is 27.7. The van der Waals surface area contributed by atoms with E-state index in [1.54, 1.807) is 19.1 Å². The smallest absolute Gasteiger partial charge is 0.243 e. The number of halogens is 1. The summed E-state index contributed by atoms with van der Waals surface area (Å²) in [5.41, 5.74) is 1.77. The van der Waals surface area contributed by atoms with Crippen LogP contribution in [0.3, 0.4) is 0 Å². The first-order chi connectivity index (χ1) is 15.1. The first-order valence-electron chi connectivity index (χ1n) is 10.4. The quantitative estimate of drug-likeness (QED) is 0.517. The van der Waals surface area contributed by atoms with Crippen molar-refractivity contribution in [3.63, 3.8) is 0 Å². The molecule has 1 N–H and O–H groups in total. The Morgan fingerprint density at radius 3 is 2.22 bits per heavy atom. The lowest BCUT2D eigenvalue weighted by Gasteiger charge is -2.30. The van der Waals surface area contributed by atoms with Gasteiger partial charge in [-0.3, -0.25) is 9.59 Å². The highest BCUT2D eigenvalue weighted by Crippen LogP contribution is 2.17. The van der Waals surface area contributed by atoms with Crippen LogP contribution in [0.4, 0.5) is 0 Å². The average molecular weight is 524 g/mol. The van der Waals surface area contributed by atoms with Gasteiger partial charge < -0.3 is 10.2 Å². The Bertz CT molecular complexity index is 1020. The molecular formula is C23H30BrN3O4S. The number of amides is 2. The van der Waals surface area contributed by atoms with E-state index in [9.17, 15) is 18.0 Å². The number of nitrogens with one attached hydrogen (secondary N) is 1. The van der Waals surface area contributed by atoms with Gasteiger partial charge in [-0.25, -0.2) is 8.42 Å². The molecule has 0 aliphatic heterocycles. The first kappa shape index (κ1) is 26.0. The molecule has 0 bridgehead atoms. The zero-order chi connectivity index (χ0) is 23.9. The molecule has 1 atom stereocenters. The zero-order valence-electron chi connectivity index (χ0n) is 18.8. The highest BCUT2D eigenvalue weighted by molar-refractivity contribution is 9.10. The van der Waals surface area contributed by atoms with Gasteiger partial charge in [0.1, 0.15) is 6.04 Å². The molecule has 9 heteroatoms. The number of aryl methyl sites for hydroxylation is 1. The van der Waals surface area contributed by atoms with E-state index in [4.69, 9.17) is 0 Å². The van der Waals surface area contributed by atoms with Crippen LogP contribution >= 0.6 is 15.9 Å². The van der Waals surface area contributed by atoms with Crippen LogP contribution in [0.25, 0.3) is 0 Å². The predicted molar refractivity (Wildman–Crippen MR) is 128 cm³/mol. The van der Waals surface area contributed by atoms with Crippen molar-refractivity contribution in [3.8, 4) is 0 Å². The van der Waals surface area contributed by atoms with Gasteiger partial charge in [0.05, 0.1) is 11.4 Å². The molecule has 0 spiro atoms. The van der Waals surface area contributed by atoms with Crippen molar-refractivity contribution in [3.05, 3.63) is 64.1 Å². The third-order valence-corrected chi connectivity index (χ3v) is 7.42. The molecular weight excluding hydrogens is 494 g/mol. The summed E-state index contributed by atoms with van der Waals surface area (Å²) in [6, 6.07) is 13.1. The van der Waals surface area contributed by atoms with E-state index < -0.39 is 22.0 Å². The summed E-state index contributed by atoms with van der Waals surface area (Å²) in [6.07, 6.45) is 0.774. The van der Waals surface area contributed by atoms with E-state index in [-0.39, 0.29) is 23.9 Å². The molecule has 0 heterocycles. The highest BCUT2D eigenvalue weighted by Gasteiger charge is 2.30. The number of likely N-dealkylation sites (N-methyl/N-ethyl adjacent to an activating group) is 1. The van der Waals surface area contributed by atoms with Crippen molar-refractivity contribution >= 4 is 37.8 Å². The van der Waals surface area contributed by atoms with Crippen LogP contribution in [-0.4, -0.2) is 55.6 Å². The molecule has 2 aromatic carbocycles. The normalized spacial score (nSPS) is 12.4. The number of carbonyl (C=O) groups is 2. The minimum Gasteiger partial charge on any atom is -0.354 e. The van der Waals surface area contributed by atoms with Crippen molar-refractivity contribution in [1.82, 2.24) is 14.5 Å². The van der Waals surface area contributed by atoms with Crippen LogP contribution in [0.5, 0.6) is 0 Å². The van der Waals surface area contributed by atoms with Gasteiger partial charge in [0.2, 0.25) is 21.8 Å². The van der Waals surface area contributed by atoms with Crippen LogP contribution < -0.4 is 5.32 Å². The molecule has 0 unspecified atom stereocenters. The third-order valence-electron chi connectivity index (χ3n) is 5.07. The second kappa shape index (κ2) is 11.6. The van der Waals surface area contributed by atoms with Crippen LogP contribution in [0.1, 0.15) is 31.4 Å². The molecule has 32 heavy (non-hydrogen) atoms. The fourth-order valence-electron chi connectivity index (χ4n) is 3.02. The summed E-state index contributed by atoms with van der Waals surface area (Å²) in [5, 5.41) is 2.80. The molecule has 2 rings (SSSR count). The summed E-state index contributed by atoms with van der Waals surface area (Å²) in [5.74, 6) is -0.730. The molecule has 174 valence electrons. The molecule has 2 aromatic rings. The predicted octanol–water partition coefficient (Wildman–Crippen LogP) is 3.32. The van der Waals surface area contributed by atoms with Crippen molar-refractivity contribution < 1.29 is 18.0 Å². The van der Waals surface area contributed by atoms with E-state index in [0.29, 0.717) is 6.54 Å². The number of carbonyl (C=O) groups excluding carboxylic acids is 2. The Morgan fingerprint density at radius 1 is 1.06 bits per heavy atom. The molecule has 0 saturated heterocycles. The van der Waals surface area contributed by atoms with Crippen LogP contribution in [0, 0.1) is 6.92 Å². The Balaban J connectivity index is 2.24. The zero-order valence-corrected chi connectivity index (χ0v) is 21.2. The lowest BCUT2D eigenvalue weighted by atomic mass is 10.1. The number of nitrogens with zero attached hydrogens (tertiary/aromatic N) is 2. The minimum absolute atomic E-state index is 0.117. The molecule has 7 nitrogen and oxygen atoms in total. The van der Waals surface area contributed by atoms with E-state index >= 15 is 0 Å². The van der Waals surface area contributed by atoms with Crippen LogP contribution in [-0.2, 0) is 26.2 Å². The Labute approximate surface area is 199 Å². The Morgan fingerprint density at radius 2 is 1.66 bits per heavy atom. The topological polar surface area (TPSA) is 86.8 Å². The molecule has 0 fully saturated rings. The first-order valence-corrected chi connectivity index (χ1v) is 12.6. The molecule has 0 saturated carbocycles. The van der Waals surface area contributed by atoms with Crippen LogP contribution in [0.15, 0.2) is 57.9 Å². The monoisotopic (exact) mass is 523 g/mol. The summed E-state index contributed by atoms with van der Waals surface area (Å²) in [6.45, 7) is 5.78. The fraction of sp³-hybridized carbons (Fsp3) is 0.391. The van der Waals surface area contributed by atoms with Gasteiger partial charge in [0.15, 0.2) is 0 Å². The van der Waals surface area contributed by atoms with Crippen molar-refractivity contribution in [2.45, 2.75) is 44.7 Å². The van der Waals surface area contributed by atoms with Crippen LogP contribution in [0.2, 0.25) is 0 Å². The molecule has 0 radical (unpaired) electrons. The third kappa shape index (κ3) is 6.88. The van der Waals surface area contributed by atoms with Gasteiger partial charge in [-0.05, 0) is 50.1 Å². The maximum absolute atomic E-state index is 13.2. The highest BCUT2D eigenvalue weighted by atomic mass is 79.9. The van der Waals surface area contributed by atoms with Gasteiger partial charge >= 0.3 is 0 Å². The molecule has 0 aromatic heterocycles. The minimum atomic E-state index is -3.84. The lowest BCUT2D eigenvalue weighted by Crippen LogP contribution is -2.50. The molecule has 0 aliphatic rings. The van der Waals surface area contributed by atoms with E-state index in [1.165, 1.54) is 24.1 Å².